The molecule has 8 bridgehead atoms. The zero-order valence-corrected chi connectivity index (χ0v) is 39.3. The zero-order chi connectivity index (χ0) is 48.3. The van der Waals surface area contributed by atoms with Gasteiger partial charge in [0.1, 0.15) is 24.7 Å². The van der Waals surface area contributed by atoms with E-state index in [0.717, 1.165) is 51.4 Å². The van der Waals surface area contributed by atoms with Gasteiger partial charge in [-0.3, -0.25) is 9.13 Å². The molecule has 2 unspecified atom stereocenters. The Bertz CT molecular complexity index is 2540. The number of carbonyl (C=O) groups excluding carboxylic acids is 1. The standard InChI is InChI=1S/C51H62F2N10O7/c1-3-50(23-64)33(15-37(69-50)62-25-56-39-41(54)58-45(52)60-43(39)62)35(5-7-48-17-27-9-28(18-48)11-29(10-27)19-48)67-47(66)68-36(6-8-49-20-30-12-31(21-49)14-32(13-30)22-49)34-16-38(70-51(34,4-2)24-65)63-26-57-40-42(55)59-46(53)61-44(40)63/h1-2,25-38,64-65H,5-24H2,(H2,54,58,60)(H2,55,59,61)/t27?,28?,29?,30?,31?,32?,33-,34-,35?,36?,37+,38+,48?,49?,50+,51+/m0/s1. The van der Waals surface area contributed by atoms with Crippen LogP contribution in [0.15, 0.2) is 12.7 Å². The number of rotatable bonds is 14. The van der Waals surface area contributed by atoms with E-state index in [4.69, 9.17) is 43.3 Å². The zero-order valence-electron chi connectivity index (χ0n) is 39.3. The lowest BCUT2D eigenvalue weighted by Gasteiger charge is -2.57. The Kier molecular flexibility index (Phi) is 11.1. The first-order valence-corrected chi connectivity index (χ1v) is 25.4. The fraction of sp³-hybridized carbons (Fsp3) is 0.706. The molecule has 2 aliphatic heterocycles. The molecule has 6 heterocycles. The van der Waals surface area contributed by atoms with Crippen LogP contribution in [0.3, 0.4) is 0 Å². The van der Waals surface area contributed by atoms with Crippen molar-refractivity contribution in [3.8, 4) is 24.7 Å². The Morgan fingerprint density at radius 1 is 0.657 bits per heavy atom. The second-order valence-electron chi connectivity index (χ2n) is 23.1. The van der Waals surface area contributed by atoms with Crippen LogP contribution in [0, 0.1) is 95.0 Å². The number of aromatic nitrogens is 8. The number of carbonyl (C=O) groups is 1. The molecular formula is C51H62F2N10O7. The fourth-order valence-electron chi connectivity index (χ4n) is 16.8. The minimum absolute atomic E-state index is 0.0871. The van der Waals surface area contributed by atoms with Crippen LogP contribution >= 0.6 is 0 Å². The van der Waals surface area contributed by atoms with Gasteiger partial charge in [-0.1, -0.05) is 11.8 Å². The molecular weight excluding hydrogens is 903 g/mol. The Balaban J connectivity index is 0.874. The van der Waals surface area contributed by atoms with E-state index in [0.29, 0.717) is 48.3 Å². The van der Waals surface area contributed by atoms with Crippen molar-refractivity contribution in [2.24, 2.45) is 58.2 Å². The summed E-state index contributed by atoms with van der Waals surface area (Å²) in [6.45, 7) is -1.21. The third-order valence-electron chi connectivity index (χ3n) is 18.9. The van der Waals surface area contributed by atoms with Crippen LogP contribution < -0.4 is 11.5 Å². The lowest BCUT2D eigenvalue weighted by Crippen LogP contribution is -2.49. The number of aliphatic hydroxyl groups excluding tert-OH is 2. The van der Waals surface area contributed by atoms with Crippen molar-refractivity contribution in [1.82, 2.24) is 39.0 Å². The van der Waals surface area contributed by atoms with Crippen LogP contribution in [0.1, 0.15) is 128 Å². The van der Waals surface area contributed by atoms with Gasteiger partial charge in [0.05, 0.1) is 25.9 Å². The first-order valence-electron chi connectivity index (χ1n) is 25.4. The summed E-state index contributed by atoms with van der Waals surface area (Å²) in [5, 5.41) is 22.4. The van der Waals surface area contributed by atoms with Gasteiger partial charge in [-0.2, -0.15) is 28.7 Å². The van der Waals surface area contributed by atoms with Gasteiger partial charge in [0.15, 0.2) is 45.2 Å². The molecule has 4 aromatic heterocycles. The van der Waals surface area contributed by atoms with Crippen molar-refractivity contribution in [3.05, 3.63) is 24.8 Å². The molecule has 6 N–H and O–H groups in total. The molecule has 8 saturated carbocycles. The summed E-state index contributed by atoms with van der Waals surface area (Å²) >= 11 is 0. The highest BCUT2D eigenvalue weighted by atomic mass is 19.1. The van der Waals surface area contributed by atoms with Crippen molar-refractivity contribution in [3.63, 3.8) is 0 Å². The first-order chi connectivity index (χ1) is 33.7. The van der Waals surface area contributed by atoms with Crippen molar-refractivity contribution in [1.29, 1.82) is 0 Å². The van der Waals surface area contributed by atoms with Crippen molar-refractivity contribution >= 4 is 40.1 Å². The number of nitrogen functional groups attached to an aromatic ring is 2. The molecule has 2 saturated heterocycles. The van der Waals surface area contributed by atoms with Gasteiger partial charge in [-0.25, -0.2) is 14.8 Å². The Morgan fingerprint density at radius 3 is 1.34 bits per heavy atom. The minimum atomic E-state index is -1.63. The summed E-state index contributed by atoms with van der Waals surface area (Å²) in [4.78, 5) is 38.9. The molecule has 10 fully saturated rings. The number of terminal acetylenes is 2. The molecule has 4 aromatic rings. The highest BCUT2D eigenvalue weighted by molar-refractivity contribution is 5.82. The molecule has 0 amide bonds. The lowest BCUT2D eigenvalue weighted by molar-refractivity contribution is -0.116. The van der Waals surface area contributed by atoms with E-state index in [1.807, 2.05) is 0 Å². The number of halogens is 2. The highest BCUT2D eigenvalue weighted by Gasteiger charge is 2.58. The minimum Gasteiger partial charge on any atom is -0.431 e. The van der Waals surface area contributed by atoms with Crippen molar-refractivity contribution < 1.29 is 42.7 Å². The van der Waals surface area contributed by atoms with E-state index in [-0.39, 0.29) is 57.6 Å². The van der Waals surface area contributed by atoms with E-state index in [1.54, 1.807) is 0 Å². The van der Waals surface area contributed by atoms with E-state index < -0.39 is 79.2 Å². The van der Waals surface area contributed by atoms with E-state index in [1.165, 1.54) is 60.3 Å². The van der Waals surface area contributed by atoms with E-state index in [2.05, 4.69) is 41.7 Å². The maximum Gasteiger partial charge on any atom is 0.508 e. The van der Waals surface area contributed by atoms with Gasteiger partial charge in [-0.05, 0) is 149 Å². The second-order valence-corrected chi connectivity index (χ2v) is 23.1. The summed E-state index contributed by atoms with van der Waals surface area (Å²) in [5.41, 5.74) is 9.52. The first kappa shape index (κ1) is 45.9. The average Bonchev–Trinajstić information content (AvgIpc) is 4.12. The molecule has 0 aromatic carbocycles. The lowest BCUT2D eigenvalue weighted by atomic mass is 9.48. The summed E-state index contributed by atoms with van der Waals surface area (Å²) in [7, 11) is 0. The topological polar surface area (TPSA) is 234 Å². The number of fused-ring (bicyclic) bond motifs is 2. The Morgan fingerprint density at radius 2 is 1.01 bits per heavy atom. The molecule has 8 atom stereocenters. The number of imidazole rings is 2. The van der Waals surface area contributed by atoms with Gasteiger partial charge in [0.25, 0.3) is 0 Å². The molecule has 10 aliphatic rings. The quantitative estimate of drug-likeness (QED) is 0.0579. The molecule has 0 radical (unpaired) electrons. The van der Waals surface area contributed by atoms with Gasteiger partial charge in [0.2, 0.25) is 0 Å². The molecule has 17 nitrogen and oxygen atoms in total. The summed E-state index contributed by atoms with van der Waals surface area (Å²) in [5.74, 6) is 7.76. The molecule has 372 valence electrons. The second kappa shape index (κ2) is 17.0. The molecule has 70 heavy (non-hydrogen) atoms. The molecule has 8 aliphatic carbocycles. The van der Waals surface area contributed by atoms with Crippen LogP contribution in [-0.2, 0) is 18.9 Å². The maximum atomic E-state index is 15.0. The van der Waals surface area contributed by atoms with Gasteiger partial charge < -0.3 is 40.6 Å². The van der Waals surface area contributed by atoms with Crippen LogP contribution in [0.5, 0.6) is 0 Å². The van der Waals surface area contributed by atoms with E-state index >= 15 is 0 Å². The van der Waals surface area contributed by atoms with Gasteiger partial charge >= 0.3 is 18.3 Å². The van der Waals surface area contributed by atoms with Crippen molar-refractivity contribution in [2.45, 2.75) is 151 Å². The van der Waals surface area contributed by atoms with Crippen LogP contribution in [0.2, 0.25) is 0 Å². The van der Waals surface area contributed by atoms with Crippen LogP contribution in [0.4, 0.5) is 25.2 Å². The SMILES string of the molecule is C#C[C@]1(CO)O[C@@H](n2cnc3c(N)nc(F)nc32)C[C@H]1C(CCC12CC3CC(CC(C3)C1)C2)OC(=O)OC(CCC12CC3CC(CC(C3)C1)C2)[C@@H]1C[C@H](n2cnc3c(N)nc(F)nc32)O[C@]1(C#C)CO. The Labute approximate surface area is 404 Å². The number of nitrogens with two attached hydrogens (primary N) is 2. The van der Waals surface area contributed by atoms with Crippen LogP contribution in [0.25, 0.3) is 22.3 Å². The summed E-state index contributed by atoms with van der Waals surface area (Å²) in [6.07, 6.45) is 25.9. The van der Waals surface area contributed by atoms with Crippen molar-refractivity contribution in [2.75, 3.05) is 24.7 Å². The third kappa shape index (κ3) is 7.67. The normalized spacial score (nSPS) is 38.8. The Hall–Kier alpha value is -5.21. The predicted octanol–water partition coefficient (Wildman–Crippen LogP) is 6.79. The molecule has 19 heteroatoms. The number of nitrogens with zero attached hydrogens (tertiary/aromatic N) is 8. The fourth-order valence-corrected chi connectivity index (χ4v) is 16.8. The molecule has 0 spiro atoms. The number of anilines is 2. The average molecular weight is 965 g/mol. The number of hydrogen-bond acceptors (Lipinski definition) is 15. The number of hydrogen-bond donors (Lipinski definition) is 4. The number of aliphatic hydroxyl groups is 2. The monoisotopic (exact) mass is 964 g/mol. The largest absolute Gasteiger partial charge is 0.508 e. The maximum absolute atomic E-state index is 15.0. The van der Waals surface area contributed by atoms with Crippen LogP contribution in [-0.4, -0.2) is 92.0 Å². The van der Waals surface area contributed by atoms with Gasteiger partial charge in [0, 0.05) is 24.7 Å². The smallest absolute Gasteiger partial charge is 0.431 e. The van der Waals surface area contributed by atoms with E-state index in [9.17, 15) is 23.8 Å². The summed E-state index contributed by atoms with van der Waals surface area (Å²) in [6, 6.07) is 0. The number of ether oxygens (including phenoxy) is 4. The van der Waals surface area contributed by atoms with Gasteiger partial charge in [-0.15, -0.1) is 12.8 Å². The predicted molar refractivity (Wildman–Crippen MR) is 248 cm³/mol. The third-order valence-corrected chi connectivity index (χ3v) is 18.9. The summed E-state index contributed by atoms with van der Waals surface area (Å²) < 4.78 is 58.7. The molecule has 14 rings (SSSR count). The highest BCUT2D eigenvalue weighted by Crippen LogP contribution is 2.64.